The van der Waals surface area contributed by atoms with Gasteiger partial charge in [-0.05, 0) is 37.3 Å². The van der Waals surface area contributed by atoms with Gasteiger partial charge < -0.3 is 15.5 Å². The van der Waals surface area contributed by atoms with Gasteiger partial charge in [0, 0.05) is 16.8 Å². The number of aromatic hydroxyl groups is 2. The summed E-state index contributed by atoms with van der Waals surface area (Å²) in [6.45, 7) is 1.56. The van der Waals surface area contributed by atoms with Crippen molar-refractivity contribution >= 4 is 46.4 Å². The van der Waals surface area contributed by atoms with E-state index in [0.29, 0.717) is 21.4 Å². The summed E-state index contributed by atoms with van der Waals surface area (Å²) in [5.41, 5.74) is 2.91. The quantitative estimate of drug-likeness (QED) is 0.458. The van der Waals surface area contributed by atoms with Crippen LogP contribution in [0.4, 0.5) is 5.69 Å². The summed E-state index contributed by atoms with van der Waals surface area (Å²) in [5.74, 6) is -1.61. The van der Waals surface area contributed by atoms with Crippen LogP contribution in [0.1, 0.15) is 23.7 Å². The monoisotopic (exact) mass is 395 g/mol. The second-order valence-corrected chi connectivity index (χ2v) is 6.18. The van der Waals surface area contributed by atoms with Gasteiger partial charge in [0.05, 0.1) is 22.7 Å². The molecule has 26 heavy (non-hydrogen) atoms. The van der Waals surface area contributed by atoms with Gasteiger partial charge in [0.1, 0.15) is 11.5 Å². The SMILES string of the molecule is CC(CC(=O)Nc1ccc(Cl)cc1Cl)=NNC(=O)c1ccc(O)cc1O. The third-order valence-corrected chi connectivity index (χ3v) is 3.74. The van der Waals surface area contributed by atoms with Crippen LogP contribution in [0, 0.1) is 0 Å². The molecule has 2 aromatic rings. The summed E-state index contributed by atoms with van der Waals surface area (Å²) in [7, 11) is 0. The minimum absolute atomic E-state index is 0.0586. The third-order valence-electron chi connectivity index (χ3n) is 3.20. The van der Waals surface area contributed by atoms with Crippen LogP contribution in [0.2, 0.25) is 10.0 Å². The van der Waals surface area contributed by atoms with E-state index in [1.165, 1.54) is 18.2 Å². The maximum absolute atomic E-state index is 12.0. The van der Waals surface area contributed by atoms with E-state index in [1.807, 2.05) is 0 Å². The van der Waals surface area contributed by atoms with Crippen molar-refractivity contribution in [1.29, 1.82) is 0 Å². The number of benzene rings is 2. The first-order valence-electron chi connectivity index (χ1n) is 7.36. The van der Waals surface area contributed by atoms with Gasteiger partial charge in [-0.3, -0.25) is 9.59 Å². The Kier molecular flexibility index (Phi) is 6.43. The highest BCUT2D eigenvalue weighted by molar-refractivity contribution is 6.36. The van der Waals surface area contributed by atoms with Crippen molar-refractivity contribution in [3.63, 3.8) is 0 Å². The summed E-state index contributed by atoms with van der Waals surface area (Å²) in [4.78, 5) is 23.9. The molecule has 0 saturated heterocycles. The van der Waals surface area contributed by atoms with Crippen molar-refractivity contribution in [2.24, 2.45) is 5.10 Å². The Morgan fingerprint density at radius 2 is 1.85 bits per heavy atom. The Labute approximate surface area is 159 Å². The van der Waals surface area contributed by atoms with Gasteiger partial charge in [-0.15, -0.1) is 0 Å². The molecule has 0 spiro atoms. The van der Waals surface area contributed by atoms with Crippen LogP contribution >= 0.6 is 23.2 Å². The number of amides is 2. The second kappa shape index (κ2) is 8.55. The smallest absolute Gasteiger partial charge is 0.275 e. The number of nitrogens with zero attached hydrogens (tertiary/aromatic N) is 1. The van der Waals surface area contributed by atoms with E-state index in [4.69, 9.17) is 23.2 Å². The van der Waals surface area contributed by atoms with Crippen LogP contribution in [0.15, 0.2) is 41.5 Å². The average Bonchev–Trinajstić information content (AvgIpc) is 2.55. The van der Waals surface area contributed by atoms with E-state index in [1.54, 1.807) is 19.1 Å². The number of anilines is 1. The summed E-state index contributed by atoms with van der Waals surface area (Å²) >= 11 is 11.8. The van der Waals surface area contributed by atoms with Gasteiger partial charge in [-0.25, -0.2) is 5.43 Å². The highest BCUT2D eigenvalue weighted by atomic mass is 35.5. The topological polar surface area (TPSA) is 111 Å². The maximum atomic E-state index is 12.0. The van der Waals surface area contributed by atoms with E-state index < -0.39 is 5.91 Å². The molecule has 0 unspecified atom stereocenters. The molecule has 0 bridgehead atoms. The van der Waals surface area contributed by atoms with Gasteiger partial charge in [0.15, 0.2) is 0 Å². The van der Waals surface area contributed by atoms with Crippen molar-refractivity contribution < 1.29 is 19.8 Å². The number of hydrogen-bond acceptors (Lipinski definition) is 5. The summed E-state index contributed by atoms with van der Waals surface area (Å²) < 4.78 is 0. The normalized spacial score (nSPS) is 11.1. The lowest BCUT2D eigenvalue weighted by molar-refractivity contribution is -0.115. The van der Waals surface area contributed by atoms with E-state index in [9.17, 15) is 19.8 Å². The Balaban J connectivity index is 1.94. The molecule has 9 heteroatoms. The molecule has 0 aromatic heterocycles. The molecule has 0 aliphatic heterocycles. The Hall–Kier alpha value is -2.77. The van der Waals surface area contributed by atoms with Crippen LogP contribution < -0.4 is 10.7 Å². The molecule has 0 radical (unpaired) electrons. The first-order valence-corrected chi connectivity index (χ1v) is 8.12. The van der Waals surface area contributed by atoms with Crippen LogP contribution in [0.3, 0.4) is 0 Å². The number of hydrazone groups is 1. The molecular weight excluding hydrogens is 381 g/mol. The number of phenols is 2. The fraction of sp³-hybridized carbons (Fsp3) is 0.118. The molecule has 4 N–H and O–H groups in total. The number of nitrogens with one attached hydrogen (secondary N) is 2. The van der Waals surface area contributed by atoms with E-state index in [2.05, 4.69) is 15.8 Å². The Morgan fingerprint density at radius 1 is 1.12 bits per heavy atom. The molecule has 0 fully saturated rings. The number of carbonyl (C=O) groups is 2. The molecular formula is C17H15Cl2N3O4. The molecule has 0 atom stereocenters. The third kappa shape index (κ3) is 5.37. The zero-order valence-electron chi connectivity index (χ0n) is 13.6. The van der Waals surface area contributed by atoms with Crippen molar-refractivity contribution in [3.05, 3.63) is 52.0 Å². The summed E-state index contributed by atoms with van der Waals surface area (Å²) in [6, 6.07) is 8.21. The molecule has 2 aromatic carbocycles. The number of hydrogen-bond donors (Lipinski definition) is 4. The first-order chi connectivity index (χ1) is 12.3. The van der Waals surface area contributed by atoms with Crippen LogP contribution in [0.25, 0.3) is 0 Å². The Bertz CT molecular complexity index is 884. The molecule has 136 valence electrons. The number of rotatable bonds is 5. The minimum atomic E-state index is -0.678. The van der Waals surface area contributed by atoms with Crippen LogP contribution in [-0.4, -0.2) is 27.7 Å². The maximum Gasteiger partial charge on any atom is 0.275 e. The number of halogens is 2. The standard InChI is InChI=1S/C17H15Cl2N3O4/c1-9(6-16(25)20-14-5-2-10(18)7-13(14)19)21-22-17(26)12-4-3-11(23)8-15(12)24/h2-5,7-8,23-24H,6H2,1H3,(H,20,25)(H,22,26). The zero-order chi connectivity index (χ0) is 19.3. The largest absolute Gasteiger partial charge is 0.508 e. The zero-order valence-corrected chi connectivity index (χ0v) is 15.1. The Morgan fingerprint density at radius 3 is 2.50 bits per heavy atom. The fourth-order valence-electron chi connectivity index (χ4n) is 1.98. The highest BCUT2D eigenvalue weighted by Crippen LogP contribution is 2.25. The number of phenolic OH excluding ortho intramolecular Hbond substituents is 2. The highest BCUT2D eigenvalue weighted by Gasteiger charge is 2.12. The molecule has 2 rings (SSSR count). The van der Waals surface area contributed by atoms with Gasteiger partial charge in [-0.1, -0.05) is 23.2 Å². The fourth-order valence-corrected chi connectivity index (χ4v) is 2.43. The average molecular weight is 396 g/mol. The molecule has 0 saturated carbocycles. The molecule has 7 nitrogen and oxygen atoms in total. The van der Waals surface area contributed by atoms with Crippen molar-refractivity contribution in [2.45, 2.75) is 13.3 Å². The summed E-state index contributed by atoms with van der Waals surface area (Å²) in [5, 5.41) is 26.0. The predicted molar refractivity (Wildman–Crippen MR) is 100 cm³/mol. The van der Waals surface area contributed by atoms with E-state index in [0.717, 1.165) is 6.07 Å². The molecule has 2 amide bonds. The summed E-state index contributed by atoms with van der Waals surface area (Å²) in [6.07, 6.45) is -0.0825. The lowest BCUT2D eigenvalue weighted by atomic mass is 10.2. The number of carbonyl (C=O) groups excluding carboxylic acids is 2. The van der Waals surface area contributed by atoms with Gasteiger partial charge in [0.2, 0.25) is 5.91 Å². The van der Waals surface area contributed by atoms with Gasteiger partial charge >= 0.3 is 0 Å². The van der Waals surface area contributed by atoms with Gasteiger partial charge in [-0.2, -0.15) is 5.10 Å². The van der Waals surface area contributed by atoms with Crippen LogP contribution in [-0.2, 0) is 4.79 Å². The molecule has 0 aliphatic carbocycles. The van der Waals surface area contributed by atoms with E-state index >= 15 is 0 Å². The molecule has 0 heterocycles. The van der Waals surface area contributed by atoms with Crippen molar-refractivity contribution in [2.75, 3.05) is 5.32 Å². The van der Waals surface area contributed by atoms with Gasteiger partial charge in [0.25, 0.3) is 5.91 Å². The lowest BCUT2D eigenvalue weighted by Gasteiger charge is -2.08. The van der Waals surface area contributed by atoms with Crippen LogP contribution in [0.5, 0.6) is 11.5 Å². The van der Waals surface area contributed by atoms with E-state index in [-0.39, 0.29) is 29.4 Å². The van der Waals surface area contributed by atoms with Crippen molar-refractivity contribution in [1.82, 2.24) is 5.43 Å². The lowest BCUT2D eigenvalue weighted by Crippen LogP contribution is -2.21. The second-order valence-electron chi connectivity index (χ2n) is 5.34. The first kappa shape index (κ1) is 19.6. The van der Waals surface area contributed by atoms with Crippen molar-refractivity contribution in [3.8, 4) is 11.5 Å². The minimum Gasteiger partial charge on any atom is -0.508 e. The molecule has 0 aliphatic rings. The predicted octanol–water partition coefficient (Wildman–Crippen LogP) is 3.54.